The second-order valence-electron chi connectivity index (χ2n) is 4.74. The van der Waals surface area contributed by atoms with Crippen molar-refractivity contribution in [3.63, 3.8) is 0 Å². The van der Waals surface area contributed by atoms with Gasteiger partial charge in [-0.15, -0.1) is 5.10 Å². The number of nitrogens with zero attached hydrogens (tertiary/aromatic N) is 2. The molecule has 0 unspecified atom stereocenters. The topological polar surface area (TPSA) is 61.3 Å². The van der Waals surface area contributed by atoms with Gasteiger partial charge in [0.15, 0.2) is 4.88 Å². The number of rotatable bonds is 5. The number of esters is 1. The van der Waals surface area contributed by atoms with Crippen LogP contribution in [0.5, 0.6) is 5.75 Å². The van der Waals surface area contributed by atoms with Crippen molar-refractivity contribution < 1.29 is 14.3 Å². The minimum atomic E-state index is -0.422. The summed E-state index contributed by atoms with van der Waals surface area (Å²) in [7, 11) is 1.61. The normalized spacial score (nSPS) is 10.3. The lowest BCUT2D eigenvalue weighted by molar-refractivity contribution is 0.0479. The number of benzene rings is 2. The molecule has 1 heterocycles. The first-order valence-electron chi connectivity index (χ1n) is 6.96. The van der Waals surface area contributed by atoms with Crippen LogP contribution in [-0.2, 0) is 11.3 Å². The lowest BCUT2D eigenvalue weighted by Gasteiger charge is -2.05. The lowest BCUT2D eigenvalue weighted by atomic mass is 10.1. The average Bonchev–Trinajstić information content (AvgIpc) is 3.11. The fourth-order valence-corrected chi connectivity index (χ4v) is 2.63. The third-order valence-electron chi connectivity index (χ3n) is 3.25. The minimum absolute atomic E-state index is 0.189. The molecule has 0 aliphatic carbocycles. The first-order valence-corrected chi connectivity index (χ1v) is 7.73. The minimum Gasteiger partial charge on any atom is -0.497 e. The first kappa shape index (κ1) is 15.2. The molecule has 0 aliphatic rings. The molecule has 116 valence electrons. The molecule has 0 saturated heterocycles. The maximum Gasteiger partial charge on any atom is 0.352 e. The molecule has 2 aromatic carbocycles. The highest BCUT2D eigenvalue weighted by Crippen LogP contribution is 2.24. The molecule has 0 fully saturated rings. The molecule has 0 amide bonds. The summed E-state index contributed by atoms with van der Waals surface area (Å²) >= 11 is 1.04. The summed E-state index contributed by atoms with van der Waals surface area (Å²) in [6.07, 6.45) is 0. The largest absolute Gasteiger partial charge is 0.497 e. The van der Waals surface area contributed by atoms with Crippen molar-refractivity contribution >= 4 is 17.5 Å². The van der Waals surface area contributed by atoms with E-state index < -0.39 is 5.97 Å². The van der Waals surface area contributed by atoms with Crippen molar-refractivity contribution in [3.8, 4) is 17.0 Å². The number of hydrogen-bond donors (Lipinski definition) is 0. The second-order valence-corrected chi connectivity index (χ2v) is 5.50. The zero-order valence-corrected chi connectivity index (χ0v) is 13.2. The Labute approximate surface area is 137 Å². The highest BCUT2D eigenvalue weighted by atomic mass is 32.1. The molecule has 0 radical (unpaired) electrons. The smallest absolute Gasteiger partial charge is 0.352 e. The van der Waals surface area contributed by atoms with Gasteiger partial charge < -0.3 is 9.47 Å². The molecule has 0 atom stereocenters. The number of methoxy groups -OCH3 is 1. The Morgan fingerprint density at radius 1 is 1.09 bits per heavy atom. The number of carbonyl (C=O) groups is 1. The molecule has 23 heavy (non-hydrogen) atoms. The fourth-order valence-electron chi connectivity index (χ4n) is 2.05. The molecule has 1 aromatic heterocycles. The van der Waals surface area contributed by atoms with Crippen molar-refractivity contribution in [3.05, 3.63) is 65.0 Å². The van der Waals surface area contributed by atoms with Crippen LogP contribution < -0.4 is 4.74 Å². The number of hydrogen-bond acceptors (Lipinski definition) is 6. The summed E-state index contributed by atoms with van der Waals surface area (Å²) in [6.45, 7) is 0.189. The van der Waals surface area contributed by atoms with E-state index in [0.29, 0.717) is 10.6 Å². The Balaban J connectivity index is 1.70. The van der Waals surface area contributed by atoms with E-state index in [2.05, 4.69) is 9.59 Å². The Morgan fingerprint density at radius 3 is 2.52 bits per heavy atom. The van der Waals surface area contributed by atoms with Crippen molar-refractivity contribution in [2.45, 2.75) is 6.61 Å². The third-order valence-corrected chi connectivity index (χ3v) is 3.96. The zero-order chi connectivity index (χ0) is 16.1. The summed E-state index contributed by atoms with van der Waals surface area (Å²) in [5.74, 6) is 0.341. The van der Waals surface area contributed by atoms with Gasteiger partial charge in [0.1, 0.15) is 18.1 Å². The highest BCUT2D eigenvalue weighted by molar-refractivity contribution is 7.08. The summed E-state index contributed by atoms with van der Waals surface area (Å²) in [4.78, 5) is 12.7. The quantitative estimate of drug-likeness (QED) is 0.671. The van der Waals surface area contributed by atoms with Gasteiger partial charge in [-0.2, -0.15) is 0 Å². The van der Waals surface area contributed by atoms with E-state index in [0.717, 1.165) is 28.4 Å². The van der Waals surface area contributed by atoms with Crippen LogP contribution in [0.3, 0.4) is 0 Å². The van der Waals surface area contributed by atoms with E-state index in [9.17, 15) is 4.79 Å². The predicted octanol–water partition coefficient (Wildman–Crippen LogP) is 3.57. The summed E-state index contributed by atoms with van der Waals surface area (Å²) in [6, 6.07) is 16.8. The highest BCUT2D eigenvalue weighted by Gasteiger charge is 2.19. The predicted molar refractivity (Wildman–Crippen MR) is 87.5 cm³/mol. The number of ether oxygens (including phenoxy) is 2. The van der Waals surface area contributed by atoms with Crippen LogP contribution in [0, 0.1) is 0 Å². The zero-order valence-electron chi connectivity index (χ0n) is 12.4. The molecule has 0 bridgehead atoms. The Morgan fingerprint density at radius 2 is 1.83 bits per heavy atom. The van der Waals surface area contributed by atoms with E-state index in [1.54, 1.807) is 7.11 Å². The molecule has 0 spiro atoms. The molecule has 0 saturated carbocycles. The van der Waals surface area contributed by atoms with Gasteiger partial charge >= 0.3 is 5.97 Å². The maximum absolute atomic E-state index is 12.3. The van der Waals surface area contributed by atoms with Gasteiger partial charge in [0.2, 0.25) is 0 Å². The Hall–Kier alpha value is -2.73. The Kier molecular flexibility index (Phi) is 4.63. The Bertz CT molecular complexity index is 785. The molecular weight excluding hydrogens is 312 g/mol. The lowest BCUT2D eigenvalue weighted by Crippen LogP contribution is -2.05. The van der Waals surface area contributed by atoms with Crippen LogP contribution in [-0.4, -0.2) is 22.7 Å². The van der Waals surface area contributed by atoms with Crippen LogP contribution >= 0.6 is 11.5 Å². The van der Waals surface area contributed by atoms with Gasteiger partial charge in [-0.05, 0) is 29.2 Å². The molecule has 0 aliphatic heterocycles. The second kappa shape index (κ2) is 7.02. The van der Waals surface area contributed by atoms with E-state index >= 15 is 0 Å². The van der Waals surface area contributed by atoms with Crippen molar-refractivity contribution in [2.24, 2.45) is 0 Å². The van der Waals surface area contributed by atoms with E-state index in [1.165, 1.54) is 0 Å². The van der Waals surface area contributed by atoms with Crippen molar-refractivity contribution in [1.82, 2.24) is 9.59 Å². The van der Waals surface area contributed by atoms with Crippen LogP contribution in [0.2, 0.25) is 0 Å². The molecule has 0 N–H and O–H groups in total. The van der Waals surface area contributed by atoms with Crippen molar-refractivity contribution in [1.29, 1.82) is 0 Å². The molecule has 3 rings (SSSR count). The van der Waals surface area contributed by atoms with Crippen LogP contribution in [0.1, 0.15) is 15.2 Å². The fraction of sp³-hybridized carbons (Fsp3) is 0.118. The number of carbonyl (C=O) groups excluding carboxylic acids is 1. The van der Waals surface area contributed by atoms with Gasteiger partial charge in [-0.3, -0.25) is 0 Å². The van der Waals surface area contributed by atoms with Crippen LogP contribution in [0.15, 0.2) is 54.6 Å². The molecule has 3 aromatic rings. The summed E-state index contributed by atoms with van der Waals surface area (Å²) in [5, 5.41) is 4.04. The van der Waals surface area contributed by atoms with Gasteiger partial charge in [-0.25, -0.2) is 4.79 Å². The number of aromatic nitrogens is 2. The maximum atomic E-state index is 12.3. The SMILES string of the molecule is COc1ccc(COC(=O)c2snnc2-c2ccccc2)cc1. The van der Waals surface area contributed by atoms with Crippen molar-refractivity contribution in [2.75, 3.05) is 7.11 Å². The standard InChI is InChI=1S/C17H14N2O3S/c1-21-14-9-7-12(8-10-14)11-22-17(20)16-15(18-19-23-16)13-5-3-2-4-6-13/h2-10H,11H2,1H3. The van der Waals surface area contributed by atoms with Gasteiger partial charge in [0.25, 0.3) is 0 Å². The summed E-state index contributed by atoms with van der Waals surface area (Å²) in [5.41, 5.74) is 2.28. The van der Waals surface area contributed by atoms with E-state index in [1.807, 2.05) is 54.6 Å². The van der Waals surface area contributed by atoms with Crippen LogP contribution in [0.4, 0.5) is 0 Å². The van der Waals surface area contributed by atoms with Gasteiger partial charge in [0, 0.05) is 5.56 Å². The first-order chi connectivity index (χ1) is 11.3. The summed E-state index contributed by atoms with van der Waals surface area (Å²) < 4.78 is 14.3. The molecule has 5 nitrogen and oxygen atoms in total. The van der Waals surface area contributed by atoms with Crippen LogP contribution in [0.25, 0.3) is 11.3 Å². The molecular formula is C17H14N2O3S. The monoisotopic (exact) mass is 326 g/mol. The van der Waals surface area contributed by atoms with E-state index in [-0.39, 0.29) is 6.61 Å². The average molecular weight is 326 g/mol. The molecule has 6 heteroatoms. The van der Waals surface area contributed by atoms with E-state index in [4.69, 9.17) is 9.47 Å². The van der Waals surface area contributed by atoms with Gasteiger partial charge in [-0.1, -0.05) is 47.0 Å². The third kappa shape index (κ3) is 3.54. The van der Waals surface area contributed by atoms with Gasteiger partial charge in [0.05, 0.1) is 7.11 Å².